The van der Waals surface area contributed by atoms with Crippen LogP contribution in [0.4, 0.5) is 0 Å². The molecule has 5 atom stereocenters. The van der Waals surface area contributed by atoms with Crippen LogP contribution in [-0.4, -0.2) is 59.0 Å². The van der Waals surface area contributed by atoms with Gasteiger partial charge in [-0.2, -0.15) is 0 Å². The topological polar surface area (TPSA) is 60.9 Å². The van der Waals surface area contributed by atoms with Crippen LogP contribution in [0.3, 0.4) is 0 Å². The van der Waals surface area contributed by atoms with Crippen LogP contribution in [0.15, 0.2) is 0 Å². The highest BCUT2D eigenvalue weighted by atomic mass is 16.4. The molecular formula is C16H26N2O3. The standard InChI is InChI=1S/C16H26N2O3/c1-10-7-13(14(8-10)16(20)21)15(19)18-6-5-11-3-4-12(9-18)17(11)2/h10-14H,3-9H2,1-2H3,(H,20,21). The molecule has 2 saturated heterocycles. The van der Waals surface area contributed by atoms with Gasteiger partial charge < -0.3 is 10.0 Å². The fraction of sp³-hybridized carbons (Fsp3) is 0.875. The maximum absolute atomic E-state index is 12.8. The number of hydrogen-bond acceptors (Lipinski definition) is 3. The number of fused-ring (bicyclic) bond motifs is 2. The summed E-state index contributed by atoms with van der Waals surface area (Å²) in [5, 5.41) is 9.37. The fourth-order valence-electron chi connectivity index (χ4n) is 4.58. The zero-order valence-corrected chi connectivity index (χ0v) is 13.0. The Morgan fingerprint density at radius 1 is 1.05 bits per heavy atom. The van der Waals surface area contributed by atoms with E-state index >= 15 is 0 Å². The number of likely N-dealkylation sites (tertiary alicyclic amines) is 1. The van der Waals surface area contributed by atoms with Crippen molar-refractivity contribution in [1.82, 2.24) is 9.80 Å². The third-order valence-electron chi connectivity index (χ3n) is 5.89. The Morgan fingerprint density at radius 2 is 1.71 bits per heavy atom. The van der Waals surface area contributed by atoms with Crippen molar-refractivity contribution < 1.29 is 14.7 Å². The van der Waals surface area contributed by atoms with Gasteiger partial charge in [0, 0.05) is 25.2 Å². The number of aliphatic carboxylic acids is 1. The van der Waals surface area contributed by atoms with Gasteiger partial charge in [0.2, 0.25) is 5.91 Å². The third-order valence-corrected chi connectivity index (χ3v) is 5.89. The normalized spacial score (nSPS) is 40.3. The molecule has 3 aliphatic rings. The summed E-state index contributed by atoms with van der Waals surface area (Å²) in [6.45, 7) is 3.63. The first-order chi connectivity index (χ1) is 9.97. The van der Waals surface area contributed by atoms with Gasteiger partial charge >= 0.3 is 5.97 Å². The van der Waals surface area contributed by atoms with E-state index in [9.17, 15) is 14.7 Å². The summed E-state index contributed by atoms with van der Waals surface area (Å²) in [5.41, 5.74) is 0. The molecule has 0 spiro atoms. The van der Waals surface area contributed by atoms with E-state index in [0.29, 0.717) is 24.4 Å². The quantitative estimate of drug-likeness (QED) is 0.837. The first-order valence-electron chi connectivity index (χ1n) is 8.21. The first-order valence-corrected chi connectivity index (χ1v) is 8.21. The van der Waals surface area contributed by atoms with Gasteiger partial charge in [0.1, 0.15) is 0 Å². The molecule has 0 aromatic rings. The molecule has 5 nitrogen and oxygen atoms in total. The number of amides is 1. The molecule has 5 heteroatoms. The van der Waals surface area contributed by atoms with Crippen molar-refractivity contribution in [3.63, 3.8) is 0 Å². The van der Waals surface area contributed by atoms with Crippen LogP contribution in [-0.2, 0) is 9.59 Å². The lowest BCUT2D eigenvalue weighted by Gasteiger charge is -2.29. The average Bonchev–Trinajstić information content (AvgIpc) is 2.90. The van der Waals surface area contributed by atoms with Crippen molar-refractivity contribution in [2.24, 2.45) is 17.8 Å². The van der Waals surface area contributed by atoms with Gasteiger partial charge in [-0.3, -0.25) is 14.5 Å². The Hall–Kier alpha value is -1.10. The van der Waals surface area contributed by atoms with Crippen LogP contribution in [0.2, 0.25) is 0 Å². The van der Waals surface area contributed by atoms with Gasteiger partial charge in [0.15, 0.2) is 0 Å². The summed E-state index contributed by atoms with van der Waals surface area (Å²) < 4.78 is 0. The van der Waals surface area contributed by atoms with Gasteiger partial charge in [-0.25, -0.2) is 0 Å². The maximum Gasteiger partial charge on any atom is 0.307 e. The fourth-order valence-corrected chi connectivity index (χ4v) is 4.58. The summed E-state index contributed by atoms with van der Waals surface area (Å²) in [5.74, 6) is -1.16. The van der Waals surface area contributed by atoms with Crippen molar-refractivity contribution in [1.29, 1.82) is 0 Å². The van der Waals surface area contributed by atoms with E-state index in [2.05, 4.69) is 18.9 Å². The molecule has 1 amide bonds. The predicted molar refractivity (Wildman–Crippen MR) is 78.8 cm³/mol. The minimum Gasteiger partial charge on any atom is -0.481 e. The van der Waals surface area contributed by atoms with Gasteiger partial charge in [-0.05, 0) is 45.1 Å². The number of carboxylic acid groups (broad SMARTS) is 1. The lowest BCUT2D eigenvalue weighted by molar-refractivity contribution is -0.149. The smallest absolute Gasteiger partial charge is 0.307 e. The first kappa shape index (κ1) is 14.8. The Labute approximate surface area is 126 Å². The predicted octanol–water partition coefficient (Wildman–Crippen LogP) is 1.43. The number of likely N-dealkylation sites (N-methyl/N-ethyl adjacent to an activating group) is 1. The highest BCUT2D eigenvalue weighted by molar-refractivity contribution is 5.85. The van der Waals surface area contributed by atoms with Crippen molar-refractivity contribution in [3.05, 3.63) is 0 Å². The summed E-state index contributed by atoms with van der Waals surface area (Å²) in [6, 6.07) is 1.06. The SMILES string of the molecule is CC1CC(C(=O)O)C(C(=O)N2CCC3CCC(C2)N3C)C1. The molecule has 2 heterocycles. The number of hydrogen-bond donors (Lipinski definition) is 1. The Bertz CT molecular complexity index is 439. The van der Waals surface area contributed by atoms with E-state index in [1.54, 1.807) is 0 Å². The van der Waals surface area contributed by atoms with E-state index in [-0.39, 0.29) is 11.8 Å². The molecule has 3 fully saturated rings. The molecule has 0 radical (unpaired) electrons. The Morgan fingerprint density at radius 3 is 2.43 bits per heavy atom. The summed E-state index contributed by atoms with van der Waals surface area (Å²) in [6.07, 6.45) is 4.80. The van der Waals surface area contributed by atoms with E-state index < -0.39 is 11.9 Å². The number of nitrogens with zero attached hydrogens (tertiary/aromatic N) is 2. The van der Waals surface area contributed by atoms with Crippen LogP contribution in [0, 0.1) is 17.8 Å². The van der Waals surface area contributed by atoms with Crippen LogP contribution < -0.4 is 0 Å². The largest absolute Gasteiger partial charge is 0.481 e. The zero-order valence-electron chi connectivity index (χ0n) is 13.0. The average molecular weight is 294 g/mol. The monoisotopic (exact) mass is 294 g/mol. The number of carboxylic acids is 1. The maximum atomic E-state index is 12.8. The molecular weight excluding hydrogens is 268 g/mol. The molecule has 21 heavy (non-hydrogen) atoms. The van der Waals surface area contributed by atoms with Crippen molar-refractivity contribution in [3.8, 4) is 0 Å². The summed E-state index contributed by atoms with van der Waals surface area (Å²) in [4.78, 5) is 28.6. The molecule has 2 aliphatic heterocycles. The van der Waals surface area contributed by atoms with Crippen molar-refractivity contribution in [2.75, 3.05) is 20.1 Å². The highest BCUT2D eigenvalue weighted by Crippen LogP contribution is 2.38. The lowest BCUT2D eigenvalue weighted by atomic mass is 9.94. The summed E-state index contributed by atoms with van der Waals surface area (Å²) in [7, 11) is 2.16. The molecule has 1 saturated carbocycles. The Kier molecular flexibility index (Phi) is 3.95. The summed E-state index contributed by atoms with van der Waals surface area (Å²) >= 11 is 0. The van der Waals surface area contributed by atoms with Crippen LogP contribution in [0.25, 0.3) is 0 Å². The minimum atomic E-state index is -0.800. The third kappa shape index (κ3) is 2.68. The second-order valence-electron chi connectivity index (χ2n) is 7.25. The Balaban J connectivity index is 1.71. The van der Waals surface area contributed by atoms with Crippen LogP contribution >= 0.6 is 0 Å². The van der Waals surface area contributed by atoms with Gasteiger partial charge in [0.05, 0.1) is 11.8 Å². The van der Waals surface area contributed by atoms with E-state index in [1.165, 1.54) is 6.42 Å². The number of carbonyl (C=O) groups excluding carboxylic acids is 1. The van der Waals surface area contributed by atoms with Gasteiger partial charge in [-0.15, -0.1) is 0 Å². The number of rotatable bonds is 2. The molecule has 3 rings (SSSR count). The molecule has 2 bridgehead atoms. The molecule has 0 aromatic carbocycles. The van der Waals surface area contributed by atoms with E-state index in [1.807, 2.05) is 4.90 Å². The lowest BCUT2D eigenvalue weighted by Crippen LogP contribution is -2.44. The van der Waals surface area contributed by atoms with Gasteiger partial charge in [-0.1, -0.05) is 6.92 Å². The van der Waals surface area contributed by atoms with Crippen LogP contribution in [0.1, 0.15) is 39.0 Å². The van der Waals surface area contributed by atoms with Gasteiger partial charge in [0.25, 0.3) is 0 Å². The van der Waals surface area contributed by atoms with E-state index in [0.717, 1.165) is 32.4 Å². The molecule has 0 aromatic heterocycles. The second kappa shape index (κ2) is 5.59. The minimum absolute atomic E-state index is 0.0905. The zero-order chi connectivity index (χ0) is 15.1. The van der Waals surface area contributed by atoms with Crippen molar-refractivity contribution in [2.45, 2.75) is 51.1 Å². The molecule has 1 aliphatic carbocycles. The molecule has 5 unspecified atom stereocenters. The second-order valence-corrected chi connectivity index (χ2v) is 7.25. The molecule has 118 valence electrons. The van der Waals surface area contributed by atoms with Crippen molar-refractivity contribution >= 4 is 11.9 Å². The highest BCUT2D eigenvalue weighted by Gasteiger charge is 2.44. The number of carbonyl (C=O) groups is 2. The van der Waals surface area contributed by atoms with Crippen LogP contribution in [0.5, 0.6) is 0 Å². The molecule has 1 N–H and O–H groups in total. The van der Waals surface area contributed by atoms with E-state index in [4.69, 9.17) is 0 Å².